The third-order valence-corrected chi connectivity index (χ3v) is 7.93. The Kier molecular flexibility index (Phi) is 6.04. The predicted molar refractivity (Wildman–Crippen MR) is 111 cm³/mol. The average Bonchev–Trinajstić information content (AvgIpc) is 2.95. The van der Waals surface area contributed by atoms with Crippen molar-refractivity contribution >= 4 is 38.9 Å². The molecule has 1 aromatic carbocycles. The van der Waals surface area contributed by atoms with Crippen LogP contribution >= 0.6 is 23.2 Å². The van der Waals surface area contributed by atoms with Crippen molar-refractivity contribution in [2.45, 2.75) is 32.9 Å². The summed E-state index contributed by atoms with van der Waals surface area (Å²) >= 11 is 11.6. The zero-order valence-corrected chi connectivity index (χ0v) is 18.5. The minimum absolute atomic E-state index is 0.0127. The molecule has 2 aliphatic rings. The van der Waals surface area contributed by atoms with Gasteiger partial charge in [0.25, 0.3) is 0 Å². The van der Waals surface area contributed by atoms with Crippen LogP contribution in [0.25, 0.3) is 0 Å². The first-order valence-corrected chi connectivity index (χ1v) is 11.8. The van der Waals surface area contributed by atoms with E-state index < -0.39 is 9.84 Å². The maximum atomic E-state index is 13.4. The second kappa shape index (κ2) is 7.88. The normalized spacial score (nSPS) is 27.1. The van der Waals surface area contributed by atoms with Crippen molar-refractivity contribution in [1.82, 2.24) is 4.90 Å². The molecule has 28 heavy (non-hydrogen) atoms. The first-order chi connectivity index (χ1) is 13.0. The molecule has 154 valence electrons. The summed E-state index contributed by atoms with van der Waals surface area (Å²) in [6.07, 6.45) is 2.18. The number of halogens is 2. The zero-order valence-electron chi connectivity index (χ0n) is 16.2. The lowest BCUT2D eigenvalue weighted by molar-refractivity contribution is -0.136. The molecule has 3 rings (SSSR count). The van der Waals surface area contributed by atoms with Gasteiger partial charge in [-0.2, -0.15) is 0 Å². The number of methoxy groups -OCH3 is 1. The molecule has 1 saturated carbocycles. The van der Waals surface area contributed by atoms with Crippen LogP contribution in [0.2, 0.25) is 0 Å². The maximum absolute atomic E-state index is 13.4. The Morgan fingerprint density at radius 1 is 1.29 bits per heavy atom. The Morgan fingerprint density at radius 2 is 1.93 bits per heavy atom. The minimum atomic E-state index is -3.11. The number of carbonyl (C=O) groups excluding carboxylic acids is 1. The Labute approximate surface area is 176 Å². The molecule has 1 aromatic rings. The Balaban J connectivity index is 1.86. The summed E-state index contributed by atoms with van der Waals surface area (Å²) in [6.45, 7) is 4.37. The second-order valence-corrected chi connectivity index (χ2v) is 11.4. The topological polar surface area (TPSA) is 63.7 Å². The van der Waals surface area contributed by atoms with E-state index in [1.54, 1.807) is 18.1 Å². The lowest BCUT2D eigenvalue weighted by Gasteiger charge is -2.29. The van der Waals surface area contributed by atoms with Crippen LogP contribution in [0.5, 0.6) is 5.75 Å². The Morgan fingerprint density at radius 3 is 2.43 bits per heavy atom. The van der Waals surface area contributed by atoms with E-state index in [4.69, 9.17) is 27.9 Å². The molecular formula is C20H25Cl2NO4S. The van der Waals surface area contributed by atoms with E-state index in [2.05, 4.69) is 0 Å². The molecule has 5 nitrogen and oxygen atoms in total. The highest BCUT2D eigenvalue weighted by molar-refractivity contribution is 7.91. The van der Waals surface area contributed by atoms with Crippen LogP contribution in [0.3, 0.4) is 0 Å². The molecule has 8 heteroatoms. The van der Waals surface area contributed by atoms with Crippen molar-refractivity contribution in [2.75, 3.05) is 18.6 Å². The van der Waals surface area contributed by atoms with Gasteiger partial charge in [0.1, 0.15) is 10.2 Å². The number of carbonyl (C=O) groups is 1. The van der Waals surface area contributed by atoms with E-state index >= 15 is 0 Å². The number of amides is 1. The number of sulfone groups is 1. The summed E-state index contributed by atoms with van der Waals surface area (Å²) in [4.78, 5) is 15.2. The average molecular weight is 446 g/mol. The van der Waals surface area contributed by atoms with Gasteiger partial charge in [-0.25, -0.2) is 8.42 Å². The molecule has 0 bridgehead atoms. The van der Waals surface area contributed by atoms with Crippen LogP contribution in [-0.4, -0.2) is 43.9 Å². The third kappa shape index (κ3) is 4.50. The molecule has 3 atom stereocenters. The van der Waals surface area contributed by atoms with Crippen LogP contribution in [0.15, 0.2) is 34.8 Å². The smallest absolute Gasteiger partial charge is 0.227 e. The van der Waals surface area contributed by atoms with Gasteiger partial charge in [0.05, 0.1) is 24.5 Å². The number of nitrogens with zero attached hydrogens (tertiary/aromatic N) is 1. The maximum Gasteiger partial charge on any atom is 0.227 e. The largest absolute Gasteiger partial charge is 0.497 e. The van der Waals surface area contributed by atoms with Crippen molar-refractivity contribution in [3.63, 3.8) is 0 Å². The summed E-state index contributed by atoms with van der Waals surface area (Å²) in [5.41, 5.74) is 0.668. The molecule has 1 amide bonds. The highest BCUT2D eigenvalue weighted by atomic mass is 35.5. The van der Waals surface area contributed by atoms with Crippen molar-refractivity contribution in [3.8, 4) is 5.75 Å². The van der Waals surface area contributed by atoms with Gasteiger partial charge < -0.3 is 9.64 Å². The molecule has 1 aliphatic carbocycles. The van der Waals surface area contributed by atoms with E-state index in [1.165, 1.54) is 0 Å². The van der Waals surface area contributed by atoms with E-state index in [9.17, 15) is 13.2 Å². The van der Waals surface area contributed by atoms with Crippen molar-refractivity contribution in [1.29, 1.82) is 0 Å². The van der Waals surface area contributed by atoms with Crippen LogP contribution in [0.1, 0.15) is 25.8 Å². The second-order valence-electron chi connectivity index (χ2n) is 8.15. The monoisotopic (exact) mass is 445 g/mol. The van der Waals surface area contributed by atoms with Crippen LogP contribution in [0, 0.1) is 17.3 Å². The van der Waals surface area contributed by atoms with Gasteiger partial charge >= 0.3 is 0 Å². The fourth-order valence-electron chi connectivity index (χ4n) is 4.11. The molecule has 0 unspecified atom stereocenters. The first-order valence-electron chi connectivity index (χ1n) is 9.22. The molecule has 0 spiro atoms. The molecule has 1 heterocycles. The van der Waals surface area contributed by atoms with Gasteiger partial charge in [0.2, 0.25) is 5.91 Å². The molecule has 0 aromatic heterocycles. The van der Waals surface area contributed by atoms with Crippen LogP contribution in [-0.2, 0) is 21.2 Å². The molecule has 2 fully saturated rings. The summed E-state index contributed by atoms with van der Waals surface area (Å²) < 4.78 is 29.4. The van der Waals surface area contributed by atoms with Gasteiger partial charge in [-0.05, 0) is 41.5 Å². The third-order valence-electron chi connectivity index (χ3n) is 5.93. The number of ether oxygens (including phenoxy) is 1. The Hall–Kier alpha value is -1.24. The highest BCUT2D eigenvalue weighted by Gasteiger charge is 2.62. The lowest BCUT2D eigenvalue weighted by Crippen LogP contribution is -2.42. The molecular weight excluding hydrogens is 421 g/mol. The quantitative estimate of drug-likeness (QED) is 0.667. The number of rotatable bonds is 6. The standard InChI is InChI=1S/C20H25Cl2NO4S/c1-20(2)16(10-17(21)22)18(20)19(24)23(14-8-9-28(25,26)12-14)11-13-4-6-15(27-3)7-5-13/h4-7,10,14,16,18H,8-9,11-12H2,1-3H3/t14-,16+,18-/m1/s1. The van der Waals surface area contributed by atoms with Crippen molar-refractivity contribution in [3.05, 3.63) is 40.4 Å². The summed E-state index contributed by atoms with van der Waals surface area (Å²) in [7, 11) is -1.52. The molecule has 1 saturated heterocycles. The van der Waals surface area contributed by atoms with Gasteiger partial charge in [0, 0.05) is 12.6 Å². The van der Waals surface area contributed by atoms with Crippen molar-refractivity contribution < 1.29 is 17.9 Å². The van der Waals surface area contributed by atoms with E-state index in [-0.39, 0.29) is 45.2 Å². The summed E-state index contributed by atoms with van der Waals surface area (Å²) in [6, 6.07) is 7.15. The molecule has 0 radical (unpaired) electrons. The van der Waals surface area contributed by atoms with Gasteiger partial charge in [-0.3, -0.25) is 4.79 Å². The van der Waals surface area contributed by atoms with Gasteiger partial charge in [0.15, 0.2) is 9.84 Å². The zero-order chi connectivity index (χ0) is 20.7. The minimum Gasteiger partial charge on any atom is -0.497 e. The fourth-order valence-corrected chi connectivity index (χ4v) is 6.11. The van der Waals surface area contributed by atoms with Gasteiger partial charge in [-0.1, -0.05) is 49.2 Å². The number of benzene rings is 1. The van der Waals surface area contributed by atoms with Crippen molar-refractivity contribution in [2.24, 2.45) is 17.3 Å². The Bertz CT molecular complexity index is 876. The van der Waals surface area contributed by atoms with Crippen LogP contribution in [0.4, 0.5) is 0 Å². The SMILES string of the molecule is COc1ccc(CN(C(=O)[C@H]2[C@H](C=C(Cl)Cl)C2(C)C)[C@@H]2CCS(=O)(=O)C2)cc1. The number of hydrogen-bond donors (Lipinski definition) is 0. The van der Waals surface area contributed by atoms with E-state index in [0.717, 1.165) is 11.3 Å². The highest BCUT2D eigenvalue weighted by Crippen LogP contribution is 2.60. The van der Waals surface area contributed by atoms with Gasteiger partial charge in [-0.15, -0.1) is 0 Å². The van der Waals surface area contributed by atoms with E-state index in [1.807, 2.05) is 38.1 Å². The number of hydrogen-bond acceptors (Lipinski definition) is 4. The van der Waals surface area contributed by atoms with Crippen LogP contribution < -0.4 is 4.74 Å². The van der Waals surface area contributed by atoms with E-state index in [0.29, 0.717) is 13.0 Å². The summed E-state index contributed by atoms with van der Waals surface area (Å²) in [5, 5.41) is 0. The lowest BCUT2D eigenvalue weighted by atomic mass is 10.1. The molecule has 1 aliphatic heterocycles. The summed E-state index contributed by atoms with van der Waals surface area (Å²) in [5.74, 6) is 0.505. The fraction of sp³-hybridized carbons (Fsp3) is 0.550. The first kappa shape index (κ1) is 21.5. The molecule has 0 N–H and O–H groups in total. The number of allylic oxidation sites excluding steroid dienone is 1. The predicted octanol–water partition coefficient (Wildman–Crippen LogP) is 3.80.